The predicted molar refractivity (Wildman–Crippen MR) is 82.4 cm³/mol. The van der Waals surface area contributed by atoms with Gasteiger partial charge in [-0.1, -0.05) is 29.8 Å². The molecule has 0 spiro atoms. The van der Waals surface area contributed by atoms with E-state index in [1.54, 1.807) is 18.2 Å². The van der Waals surface area contributed by atoms with Crippen LogP contribution < -0.4 is 4.90 Å². The monoisotopic (exact) mass is 283 g/mol. The molecule has 21 heavy (non-hydrogen) atoms. The van der Waals surface area contributed by atoms with Crippen LogP contribution in [0, 0.1) is 12.7 Å². The van der Waals surface area contributed by atoms with Gasteiger partial charge in [-0.15, -0.1) is 0 Å². The van der Waals surface area contributed by atoms with Crippen LogP contribution in [0.25, 0.3) is 0 Å². The Morgan fingerprint density at radius 1 is 1.24 bits per heavy atom. The van der Waals surface area contributed by atoms with Gasteiger partial charge >= 0.3 is 0 Å². The summed E-state index contributed by atoms with van der Waals surface area (Å²) in [5.74, 6) is -0.606. The van der Waals surface area contributed by atoms with Gasteiger partial charge in [0.25, 0.3) is 0 Å². The molecule has 0 saturated heterocycles. The van der Waals surface area contributed by atoms with E-state index in [2.05, 4.69) is 30.0 Å². The normalized spacial score (nSPS) is 13.9. The molecule has 1 heterocycles. The summed E-state index contributed by atoms with van der Waals surface area (Å²) in [4.78, 5) is 14.4. The Kier molecular flexibility index (Phi) is 3.74. The molecule has 0 saturated carbocycles. The van der Waals surface area contributed by atoms with Crippen LogP contribution in [0.4, 0.5) is 10.1 Å². The van der Waals surface area contributed by atoms with Gasteiger partial charge in [0.1, 0.15) is 5.82 Å². The lowest BCUT2D eigenvalue weighted by atomic mass is 9.99. The molecule has 108 valence electrons. The second-order valence-electron chi connectivity index (χ2n) is 5.56. The molecular weight excluding hydrogens is 265 g/mol. The van der Waals surface area contributed by atoms with Gasteiger partial charge in [0, 0.05) is 12.2 Å². The summed E-state index contributed by atoms with van der Waals surface area (Å²) in [7, 11) is 0. The fourth-order valence-corrected chi connectivity index (χ4v) is 2.91. The topological polar surface area (TPSA) is 20.3 Å². The molecule has 2 aromatic rings. The van der Waals surface area contributed by atoms with Crippen molar-refractivity contribution in [2.75, 3.05) is 18.0 Å². The van der Waals surface area contributed by atoms with E-state index < -0.39 is 5.82 Å². The minimum atomic E-state index is -0.441. The van der Waals surface area contributed by atoms with Crippen LogP contribution in [-0.2, 0) is 6.42 Å². The molecule has 0 atom stereocenters. The van der Waals surface area contributed by atoms with E-state index in [-0.39, 0.29) is 17.9 Å². The highest BCUT2D eigenvalue weighted by atomic mass is 19.1. The lowest BCUT2D eigenvalue weighted by Crippen LogP contribution is -2.34. The summed E-state index contributed by atoms with van der Waals surface area (Å²) >= 11 is 0. The molecule has 0 bridgehead atoms. The molecule has 1 aliphatic rings. The van der Waals surface area contributed by atoms with Gasteiger partial charge in [0.05, 0.1) is 12.1 Å². The van der Waals surface area contributed by atoms with Gasteiger partial charge in [0.15, 0.2) is 5.78 Å². The van der Waals surface area contributed by atoms with Crippen LogP contribution in [-0.4, -0.2) is 18.9 Å². The van der Waals surface area contributed by atoms with E-state index in [0.717, 1.165) is 25.1 Å². The van der Waals surface area contributed by atoms with Crippen molar-refractivity contribution in [3.8, 4) is 0 Å². The SMILES string of the molecule is Cc1ccc2c(c1)CCCN2CC(=O)c1ccccc1F. The average molecular weight is 283 g/mol. The molecule has 3 heteroatoms. The first kappa shape index (κ1) is 13.8. The summed E-state index contributed by atoms with van der Waals surface area (Å²) in [6.45, 7) is 3.15. The summed E-state index contributed by atoms with van der Waals surface area (Å²) in [6, 6.07) is 12.5. The summed E-state index contributed by atoms with van der Waals surface area (Å²) in [6.07, 6.45) is 2.07. The molecule has 0 fully saturated rings. The number of Topliss-reactive ketones (excluding diaryl/α,β-unsaturated/α-hetero) is 1. The summed E-state index contributed by atoms with van der Waals surface area (Å²) < 4.78 is 13.7. The van der Waals surface area contributed by atoms with E-state index in [1.165, 1.54) is 17.2 Å². The lowest BCUT2D eigenvalue weighted by Gasteiger charge is -2.31. The second kappa shape index (κ2) is 5.68. The number of fused-ring (bicyclic) bond motifs is 1. The van der Waals surface area contributed by atoms with Crippen molar-refractivity contribution in [1.29, 1.82) is 0 Å². The highest BCUT2D eigenvalue weighted by Gasteiger charge is 2.21. The molecule has 0 aliphatic carbocycles. The van der Waals surface area contributed by atoms with Crippen molar-refractivity contribution in [3.05, 3.63) is 65.0 Å². The minimum absolute atomic E-state index is 0.165. The Bertz CT molecular complexity index is 681. The van der Waals surface area contributed by atoms with Crippen LogP contribution in [0.1, 0.15) is 27.9 Å². The van der Waals surface area contributed by atoms with Crippen LogP contribution in [0.5, 0.6) is 0 Å². The third-order valence-corrected chi connectivity index (χ3v) is 3.96. The Balaban J connectivity index is 1.84. The number of rotatable bonds is 3. The van der Waals surface area contributed by atoms with E-state index in [1.807, 2.05) is 0 Å². The Labute approximate surface area is 124 Å². The van der Waals surface area contributed by atoms with Crippen LogP contribution in [0.3, 0.4) is 0 Å². The van der Waals surface area contributed by atoms with Gasteiger partial charge in [-0.3, -0.25) is 4.79 Å². The molecule has 2 aromatic carbocycles. The Morgan fingerprint density at radius 2 is 2.05 bits per heavy atom. The minimum Gasteiger partial charge on any atom is -0.364 e. The molecule has 0 N–H and O–H groups in total. The number of carbonyl (C=O) groups is 1. The number of ketones is 1. The lowest BCUT2D eigenvalue weighted by molar-refractivity contribution is 0.0995. The van der Waals surface area contributed by atoms with Crippen molar-refractivity contribution in [2.45, 2.75) is 19.8 Å². The third kappa shape index (κ3) is 2.82. The van der Waals surface area contributed by atoms with Gasteiger partial charge < -0.3 is 4.90 Å². The van der Waals surface area contributed by atoms with Gasteiger partial charge in [0.2, 0.25) is 0 Å². The molecule has 0 amide bonds. The van der Waals surface area contributed by atoms with Crippen LogP contribution >= 0.6 is 0 Å². The zero-order valence-electron chi connectivity index (χ0n) is 12.1. The van der Waals surface area contributed by atoms with Gasteiger partial charge in [-0.2, -0.15) is 0 Å². The van der Waals surface area contributed by atoms with Crippen molar-refractivity contribution < 1.29 is 9.18 Å². The van der Waals surface area contributed by atoms with E-state index in [4.69, 9.17) is 0 Å². The molecule has 0 unspecified atom stereocenters. The number of hydrogen-bond acceptors (Lipinski definition) is 2. The first-order chi connectivity index (χ1) is 10.1. The van der Waals surface area contributed by atoms with Crippen molar-refractivity contribution in [2.24, 2.45) is 0 Å². The number of carbonyl (C=O) groups excluding carboxylic acids is 1. The van der Waals surface area contributed by atoms with Crippen LogP contribution in [0.2, 0.25) is 0 Å². The number of benzene rings is 2. The highest BCUT2D eigenvalue weighted by Crippen LogP contribution is 2.28. The number of halogens is 1. The van der Waals surface area contributed by atoms with E-state index >= 15 is 0 Å². The van der Waals surface area contributed by atoms with E-state index in [9.17, 15) is 9.18 Å². The zero-order valence-corrected chi connectivity index (χ0v) is 12.1. The van der Waals surface area contributed by atoms with Crippen molar-refractivity contribution >= 4 is 11.5 Å². The molecule has 0 radical (unpaired) electrons. The smallest absolute Gasteiger partial charge is 0.185 e. The maximum absolute atomic E-state index is 13.7. The van der Waals surface area contributed by atoms with Gasteiger partial charge in [-0.25, -0.2) is 4.39 Å². The number of aryl methyl sites for hydroxylation is 2. The molecule has 0 aromatic heterocycles. The largest absolute Gasteiger partial charge is 0.364 e. The zero-order chi connectivity index (χ0) is 14.8. The number of hydrogen-bond donors (Lipinski definition) is 0. The first-order valence-corrected chi connectivity index (χ1v) is 7.27. The summed E-state index contributed by atoms with van der Waals surface area (Å²) in [5, 5.41) is 0. The van der Waals surface area contributed by atoms with E-state index in [0.29, 0.717) is 0 Å². The van der Waals surface area contributed by atoms with Crippen molar-refractivity contribution in [1.82, 2.24) is 0 Å². The maximum atomic E-state index is 13.7. The number of nitrogens with zero attached hydrogens (tertiary/aromatic N) is 1. The molecule has 1 aliphatic heterocycles. The first-order valence-electron chi connectivity index (χ1n) is 7.27. The predicted octanol–water partition coefficient (Wildman–Crippen LogP) is 3.77. The highest BCUT2D eigenvalue weighted by molar-refractivity contribution is 5.99. The number of anilines is 1. The molecule has 2 nitrogen and oxygen atoms in total. The van der Waals surface area contributed by atoms with Crippen molar-refractivity contribution in [3.63, 3.8) is 0 Å². The molecular formula is C18H18FNO. The second-order valence-corrected chi connectivity index (χ2v) is 5.56. The standard InChI is InChI=1S/C18H18FNO/c1-13-8-9-17-14(11-13)5-4-10-20(17)12-18(21)15-6-2-3-7-16(15)19/h2-3,6-9,11H,4-5,10,12H2,1H3. The quantitative estimate of drug-likeness (QED) is 0.799. The maximum Gasteiger partial charge on any atom is 0.185 e. The fraction of sp³-hybridized carbons (Fsp3) is 0.278. The average Bonchev–Trinajstić information content (AvgIpc) is 2.47. The Hall–Kier alpha value is -2.16. The van der Waals surface area contributed by atoms with Gasteiger partial charge in [-0.05, 0) is 43.5 Å². The summed E-state index contributed by atoms with van der Waals surface area (Å²) in [5.41, 5.74) is 3.80. The fourth-order valence-electron chi connectivity index (χ4n) is 2.91. The Morgan fingerprint density at radius 3 is 2.86 bits per heavy atom. The molecule has 3 rings (SSSR count). The van der Waals surface area contributed by atoms with Crippen LogP contribution in [0.15, 0.2) is 42.5 Å². The third-order valence-electron chi connectivity index (χ3n) is 3.96.